The Morgan fingerprint density at radius 2 is 1.95 bits per heavy atom. The van der Waals surface area contributed by atoms with Gasteiger partial charge >= 0.3 is 6.36 Å². The van der Waals surface area contributed by atoms with Crippen LogP contribution in [0, 0.1) is 0 Å². The molecule has 0 fully saturated rings. The number of alkyl halides is 3. The second-order valence-electron chi connectivity index (χ2n) is 4.64. The first-order valence-electron chi connectivity index (χ1n) is 6.32. The van der Waals surface area contributed by atoms with Crippen molar-refractivity contribution in [3.63, 3.8) is 0 Å². The van der Waals surface area contributed by atoms with Gasteiger partial charge in [0.2, 0.25) is 0 Å². The van der Waals surface area contributed by atoms with Gasteiger partial charge in [0.15, 0.2) is 0 Å². The molecule has 2 rings (SSSR count). The van der Waals surface area contributed by atoms with Crippen LogP contribution in [0.5, 0.6) is 5.75 Å². The Hall–Kier alpha value is -1.90. The van der Waals surface area contributed by atoms with Crippen LogP contribution < -0.4 is 4.74 Å². The van der Waals surface area contributed by atoms with E-state index in [4.69, 9.17) is 0 Å². The Bertz CT molecular complexity index is 655. The zero-order valence-corrected chi connectivity index (χ0v) is 12.7. The highest BCUT2D eigenvalue weighted by molar-refractivity contribution is 7.84. The van der Waals surface area contributed by atoms with Crippen molar-refractivity contribution in [2.45, 2.75) is 24.3 Å². The second-order valence-corrected chi connectivity index (χ2v) is 6.40. The van der Waals surface area contributed by atoms with Gasteiger partial charge in [0.1, 0.15) is 17.9 Å². The smallest absolute Gasteiger partial charge is 0.406 e. The minimum atomic E-state index is -4.72. The molecule has 0 bridgehead atoms. The summed E-state index contributed by atoms with van der Waals surface area (Å²) in [7, 11) is 0.483. The molecule has 0 aliphatic heterocycles. The molecule has 22 heavy (non-hydrogen) atoms. The molecule has 1 aromatic heterocycles. The Kier molecular flexibility index (Phi) is 4.84. The average Bonchev–Trinajstić information content (AvgIpc) is 2.82. The Balaban J connectivity index is 2.04. The lowest BCUT2D eigenvalue weighted by molar-refractivity contribution is -0.274. The minimum absolute atomic E-state index is 0.221. The van der Waals surface area contributed by atoms with Gasteiger partial charge in [-0.2, -0.15) is 0 Å². The highest BCUT2D eigenvalue weighted by Gasteiger charge is 2.31. The fraction of sp³-hybridized carbons (Fsp3) is 0.385. The molecule has 0 spiro atoms. The van der Waals surface area contributed by atoms with Crippen molar-refractivity contribution in [3.8, 4) is 5.75 Å². The van der Waals surface area contributed by atoms with Crippen molar-refractivity contribution in [2.24, 2.45) is 7.05 Å². The number of aryl methyl sites for hydroxylation is 1. The lowest BCUT2D eigenvalue weighted by Gasteiger charge is -2.13. The van der Waals surface area contributed by atoms with Gasteiger partial charge in [0.25, 0.3) is 0 Å². The van der Waals surface area contributed by atoms with E-state index < -0.39 is 17.2 Å². The number of rotatable bonds is 5. The summed E-state index contributed by atoms with van der Waals surface area (Å²) in [6.45, 7) is 1.74. The van der Waals surface area contributed by atoms with Crippen LogP contribution in [0.1, 0.15) is 23.6 Å². The van der Waals surface area contributed by atoms with Crippen LogP contribution in [0.15, 0.2) is 30.6 Å². The van der Waals surface area contributed by atoms with E-state index in [1.54, 1.807) is 18.5 Å². The maximum Gasteiger partial charge on any atom is 0.573 e. The molecule has 9 heteroatoms. The van der Waals surface area contributed by atoms with Crippen molar-refractivity contribution in [3.05, 3.63) is 42.0 Å². The van der Waals surface area contributed by atoms with Crippen LogP contribution >= 0.6 is 0 Å². The number of ether oxygens (including phenoxy) is 1. The third-order valence-electron chi connectivity index (χ3n) is 3.05. The summed E-state index contributed by atoms with van der Waals surface area (Å²) in [5, 5.41) is 7.22. The third kappa shape index (κ3) is 4.30. The first-order chi connectivity index (χ1) is 10.3. The first-order valence-corrected chi connectivity index (χ1v) is 7.70. The van der Waals surface area contributed by atoms with E-state index in [-0.39, 0.29) is 16.8 Å². The zero-order chi connectivity index (χ0) is 16.3. The molecule has 0 saturated heterocycles. The molecule has 1 aromatic carbocycles. The Morgan fingerprint density at radius 3 is 2.45 bits per heavy atom. The fourth-order valence-electron chi connectivity index (χ4n) is 1.78. The van der Waals surface area contributed by atoms with Crippen molar-refractivity contribution in [1.82, 2.24) is 14.8 Å². The maximum atomic E-state index is 12.3. The summed E-state index contributed by atoms with van der Waals surface area (Å²) in [6.07, 6.45) is -3.21. The van der Waals surface area contributed by atoms with E-state index in [0.717, 1.165) is 0 Å². The molecule has 5 nitrogen and oxygen atoms in total. The van der Waals surface area contributed by atoms with Crippen molar-refractivity contribution >= 4 is 10.8 Å². The van der Waals surface area contributed by atoms with Crippen LogP contribution in [0.25, 0.3) is 0 Å². The molecule has 2 atom stereocenters. The highest BCUT2D eigenvalue weighted by Crippen LogP contribution is 2.26. The SMILES string of the molecule is C[C@@H](c1ccc(OC(F)(F)F)cc1)[S@](=O)Cc1nncn1C. The summed E-state index contributed by atoms with van der Waals surface area (Å²) in [5.41, 5.74) is 0.662. The van der Waals surface area contributed by atoms with Gasteiger partial charge in [-0.25, -0.2) is 0 Å². The molecule has 0 unspecified atom stereocenters. The molecule has 0 amide bonds. The Labute approximate surface area is 127 Å². The molecule has 0 radical (unpaired) electrons. The fourth-order valence-corrected chi connectivity index (χ4v) is 3.01. The molecule has 2 aromatic rings. The summed E-state index contributed by atoms with van der Waals surface area (Å²) < 4.78 is 54.0. The second kappa shape index (κ2) is 6.47. The molecule has 0 N–H and O–H groups in total. The summed E-state index contributed by atoms with van der Waals surface area (Å²) in [6, 6.07) is 5.36. The van der Waals surface area contributed by atoms with E-state index >= 15 is 0 Å². The molecule has 0 aliphatic rings. The van der Waals surface area contributed by atoms with Crippen LogP contribution in [0.2, 0.25) is 0 Å². The summed E-state index contributed by atoms with van der Waals surface area (Å²) >= 11 is 0. The van der Waals surface area contributed by atoms with Gasteiger partial charge in [0.05, 0.1) is 11.0 Å². The molecular weight excluding hydrogens is 319 g/mol. The van der Waals surface area contributed by atoms with Crippen molar-refractivity contribution in [1.29, 1.82) is 0 Å². The highest BCUT2D eigenvalue weighted by atomic mass is 32.2. The van der Waals surface area contributed by atoms with Gasteiger partial charge in [-0.05, 0) is 24.6 Å². The predicted molar refractivity (Wildman–Crippen MR) is 74.4 cm³/mol. The molecular formula is C13H14F3N3O2S. The average molecular weight is 333 g/mol. The van der Waals surface area contributed by atoms with Crippen LogP contribution in [0.4, 0.5) is 13.2 Å². The third-order valence-corrected chi connectivity index (χ3v) is 4.66. The van der Waals surface area contributed by atoms with E-state index in [9.17, 15) is 17.4 Å². The maximum absolute atomic E-state index is 12.3. The molecule has 0 aliphatic carbocycles. The van der Waals surface area contributed by atoms with E-state index in [1.165, 1.54) is 30.6 Å². The molecule has 120 valence electrons. The predicted octanol–water partition coefficient (Wildman–Crippen LogP) is 2.72. The largest absolute Gasteiger partial charge is 0.573 e. The minimum Gasteiger partial charge on any atom is -0.406 e. The van der Waals surface area contributed by atoms with Gasteiger partial charge in [-0.15, -0.1) is 23.4 Å². The summed E-state index contributed by atoms with van der Waals surface area (Å²) in [4.78, 5) is 0. The van der Waals surface area contributed by atoms with Crippen molar-refractivity contribution in [2.75, 3.05) is 0 Å². The van der Waals surface area contributed by atoms with Crippen molar-refractivity contribution < 1.29 is 22.1 Å². The Morgan fingerprint density at radius 1 is 1.32 bits per heavy atom. The lowest BCUT2D eigenvalue weighted by Crippen LogP contribution is -2.17. The quantitative estimate of drug-likeness (QED) is 0.844. The normalized spacial score (nSPS) is 14.6. The number of hydrogen-bond donors (Lipinski definition) is 0. The van der Waals surface area contributed by atoms with E-state index in [2.05, 4.69) is 14.9 Å². The van der Waals surface area contributed by atoms with Crippen LogP contribution in [0.3, 0.4) is 0 Å². The van der Waals surface area contributed by atoms with E-state index in [0.29, 0.717) is 11.4 Å². The van der Waals surface area contributed by atoms with Crippen LogP contribution in [-0.2, 0) is 23.6 Å². The number of nitrogens with zero attached hydrogens (tertiary/aromatic N) is 3. The molecule has 1 heterocycles. The monoisotopic (exact) mass is 333 g/mol. The number of benzene rings is 1. The molecule has 0 saturated carbocycles. The summed E-state index contributed by atoms with van der Waals surface area (Å²) in [5.74, 6) is 0.503. The number of aromatic nitrogens is 3. The van der Waals surface area contributed by atoms with Gasteiger partial charge in [0, 0.05) is 17.8 Å². The van der Waals surface area contributed by atoms with Gasteiger partial charge < -0.3 is 9.30 Å². The van der Waals surface area contributed by atoms with E-state index in [1.807, 2.05) is 0 Å². The van der Waals surface area contributed by atoms with Crippen LogP contribution in [-0.4, -0.2) is 25.3 Å². The van der Waals surface area contributed by atoms with Gasteiger partial charge in [-0.3, -0.25) is 4.21 Å². The topological polar surface area (TPSA) is 57.0 Å². The van der Waals surface area contributed by atoms with Gasteiger partial charge in [-0.1, -0.05) is 12.1 Å². The first kappa shape index (κ1) is 16.5. The number of hydrogen-bond acceptors (Lipinski definition) is 4. The lowest BCUT2D eigenvalue weighted by atomic mass is 10.2. The number of halogens is 3. The zero-order valence-electron chi connectivity index (χ0n) is 11.9. The standard InChI is InChI=1S/C13H14F3N3O2S/c1-9(22(20)7-12-18-17-8-19(12)2)10-3-5-11(6-4-10)21-13(14,15)16/h3-6,8-9H,7H2,1-2H3/t9-,22+/m0/s1.